The molecule has 8 N–H and O–H groups in total. The summed E-state index contributed by atoms with van der Waals surface area (Å²) in [6.07, 6.45) is 10.9. The van der Waals surface area contributed by atoms with Gasteiger partial charge in [0.1, 0.15) is 88.5 Å². The van der Waals surface area contributed by atoms with E-state index in [1.807, 2.05) is 133 Å². The van der Waals surface area contributed by atoms with Crippen LogP contribution in [0, 0.1) is 0 Å². The predicted molar refractivity (Wildman–Crippen MR) is 392 cm³/mol. The van der Waals surface area contributed by atoms with Crippen molar-refractivity contribution in [3.63, 3.8) is 0 Å². The third kappa shape index (κ3) is 25.7. The van der Waals surface area contributed by atoms with Crippen LogP contribution < -0.4 is 31.9 Å². The average Bonchev–Trinajstić information content (AvgIpc) is 1.52. The molecule has 0 aromatic heterocycles. The lowest BCUT2D eigenvalue weighted by molar-refractivity contribution is -0.193. The second-order valence-corrected chi connectivity index (χ2v) is 30.4. The van der Waals surface area contributed by atoms with Gasteiger partial charge in [-0.3, -0.25) is 28.8 Å². The van der Waals surface area contributed by atoms with Crippen molar-refractivity contribution in [2.45, 2.75) is 246 Å². The van der Waals surface area contributed by atoms with Gasteiger partial charge in [0, 0.05) is 0 Å². The Labute approximate surface area is 734 Å². The maximum atomic E-state index is 13.8. The van der Waals surface area contributed by atoms with Crippen LogP contribution in [0.1, 0.15) is 123 Å². The molecule has 16 aliphatic rings. The van der Waals surface area contributed by atoms with Crippen molar-refractivity contribution in [1.29, 1.82) is 0 Å². The van der Waals surface area contributed by atoms with Crippen molar-refractivity contribution in [3.8, 4) is 0 Å². The molecule has 0 saturated carbocycles. The number of carbonyl (C=O) groups excluding carboxylic acids is 30. The first kappa shape index (κ1) is 113. The fraction of sp³-hybridized carbons (Fsp3) is 0.556. The molecule has 7 fully saturated rings. The highest BCUT2D eigenvalue weighted by Crippen LogP contribution is 2.60. The Bertz CT molecular complexity index is 4580. The first-order chi connectivity index (χ1) is 61.2. The lowest BCUT2D eigenvalue weighted by atomic mass is 9.82. The van der Waals surface area contributed by atoms with Gasteiger partial charge in [-0.25, -0.2) is 0 Å². The third-order valence-corrected chi connectivity index (χ3v) is 23.7. The SMILES string of the molecule is CC1(C)OO1.CC1=C(C)C2(CNC(=O)CC(O)(CC(=O)NCC34C=CC(O3)C(C)=C4C)C(=O)NCC34C=CC(O3)C(C)=C4C)C=CC1O2.CC1=C(C)C2(CNC(=O)CC(O)(CC(=O)NCC34OC(C(C)=C3C)C3OC34)C(=O)NCC34OC(C(C)=C3C)C3OC34)OC1C1OC12.O=C=O.O=C=O.O=C=O.O=C=O.O=C=O.O=C=O.O=C=O.O=C=O.O=C=O.O=C=O.O=C=O.O=C=O. The molecule has 6 amide bonds. The number of epoxide rings is 3. The molecule has 0 aromatic rings. The second-order valence-electron chi connectivity index (χ2n) is 30.4. The van der Waals surface area contributed by atoms with Gasteiger partial charge in [0.2, 0.25) is 29.4 Å². The smallest absolute Gasteiger partial charge is 0.373 e. The van der Waals surface area contributed by atoms with Crippen LogP contribution in [0.5, 0.6) is 0 Å². The maximum Gasteiger partial charge on any atom is 0.373 e. The van der Waals surface area contributed by atoms with Crippen LogP contribution in [0.2, 0.25) is 0 Å². The lowest BCUT2D eigenvalue weighted by Gasteiger charge is -2.32. The summed E-state index contributed by atoms with van der Waals surface area (Å²) in [6, 6.07) is 0. The van der Waals surface area contributed by atoms with Crippen LogP contribution in [0.4, 0.5) is 0 Å². The van der Waals surface area contributed by atoms with Crippen LogP contribution in [-0.2, 0) is 196 Å². The van der Waals surface area contributed by atoms with E-state index < -0.39 is 106 Å². The van der Waals surface area contributed by atoms with Crippen LogP contribution >= 0.6 is 0 Å². The molecule has 7 saturated heterocycles. The highest BCUT2D eigenvalue weighted by Gasteiger charge is 2.74. The van der Waals surface area contributed by atoms with E-state index in [0.717, 1.165) is 66.9 Å². The van der Waals surface area contributed by atoms with E-state index in [-0.39, 0.29) is 192 Å². The van der Waals surface area contributed by atoms with Gasteiger partial charge in [0.05, 0.1) is 83.3 Å². The van der Waals surface area contributed by atoms with Gasteiger partial charge in [-0.2, -0.15) is 125 Å². The number of ether oxygens (including phenoxy) is 9. The predicted octanol–water partition coefficient (Wildman–Crippen LogP) is -4.73. The quantitative estimate of drug-likeness (QED) is 0.0287. The topological polar surface area (TPSA) is 743 Å². The number of nitrogens with one attached hydrogen (secondary N) is 6. The van der Waals surface area contributed by atoms with Crippen molar-refractivity contribution < 1.29 is 206 Å². The molecule has 18 unspecified atom stereocenters. The van der Waals surface area contributed by atoms with E-state index in [1.165, 1.54) is 0 Å². The minimum absolute atomic E-state index is 0.00684. The summed E-state index contributed by atoms with van der Waals surface area (Å²) >= 11 is 0. The number of amides is 6. The van der Waals surface area contributed by atoms with Crippen LogP contribution in [0.15, 0.2) is 103 Å². The molecule has 16 aliphatic heterocycles. The van der Waals surface area contributed by atoms with E-state index in [0.29, 0.717) is 0 Å². The molecule has 49 nitrogen and oxygen atoms in total. The molecular formula is C81H88N6O43. The molecule has 12 bridgehead atoms. The normalized spacial score (nSPS) is 30.5. The minimum atomic E-state index is -2.35. The Kier molecular flexibility index (Phi) is 42.6. The van der Waals surface area contributed by atoms with E-state index in [4.69, 9.17) is 158 Å². The number of hydrogen-bond donors (Lipinski definition) is 8. The zero-order chi connectivity index (χ0) is 99.6. The second kappa shape index (κ2) is 49.2. The minimum Gasteiger partial charge on any atom is -0.379 e. The number of carbonyl (C=O) groups is 6. The lowest BCUT2D eigenvalue weighted by Crippen LogP contribution is -2.57. The van der Waals surface area contributed by atoms with Crippen molar-refractivity contribution in [2.24, 2.45) is 0 Å². The number of rotatable bonds is 22. The van der Waals surface area contributed by atoms with Crippen LogP contribution in [0.25, 0.3) is 0 Å². The molecule has 0 radical (unpaired) electrons. The zero-order valence-electron chi connectivity index (χ0n) is 71.6. The summed E-state index contributed by atoms with van der Waals surface area (Å²) in [7, 11) is 0. The van der Waals surface area contributed by atoms with Gasteiger partial charge in [-0.05, 0) is 182 Å². The van der Waals surface area contributed by atoms with Crippen molar-refractivity contribution in [1.82, 2.24) is 31.9 Å². The van der Waals surface area contributed by atoms with E-state index in [9.17, 15) is 39.0 Å². The summed E-state index contributed by atoms with van der Waals surface area (Å²) in [4.78, 5) is 285. The van der Waals surface area contributed by atoms with Gasteiger partial charge in [-0.1, -0.05) is 18.2 Å². The molecular weight excluding hydrogens is 1740 g/mol. The zero-order valence-corrected chi connectivity index (χ0v) is 71.6. The van der Waals surface area contributed by atoms with Gasteiger partial charge in [-0.15, -0.1) is 0 Å². The highest BCUT2D eigenvalue weighted by atomic mass is 17.4. The highest BCUT2D eigenvalue weighted by molar-refractivity contribution is 5.96. The maximum absolute atomic E-state index is 13.8. The first-order valence-corrected chi connectivity index (χ1v) is 37.7. The molecule has 130 heavy (non-hydrogen) atoms. The molecule has 49 heteroatoms. The summed E-state index contributed by atoms with van der Waals surface area (Å²) < 4.78 is 54.5. The Balaban J connectivity index is 0.000000622. The molecule has 0 aliphatic carbocycles. The van der Waals surface area contributed by atoms with Crippen LogP contribution in [-0.4, -0.2) is 283 Å². The molecule has 16 heterocycles. The molecule has 18 atom stereocenters. The summed E-state index contributed by atoms with van der Waals surface area (Å²) in [5.74, 6) is -4.23. The Morgan fingerprint density at radius 3 is 0.677 bits per heavy atom. The molecule has 700 valence electrons. The first-order valence-electron chi connectivity index (χ1n) is 37.7. The molecule has 0 aromatic carbocycles. The molecule has 0 spiro atoms. The Hall–Kier alpha value is -13.5. The Morgan fingerprint density at radius 2 is 0.485 bits per heavy atom. The van der Waals surface area contributed by atoms with Crippen molar-refractivity contribution in [2.75, 3.05) is 39.3 Å². The summed E-state index contributed by atoms with van der Waals surface area (Å²) in [6.45, 7) is 28.2. The number of hydrogen-bond acceptors (Lipinski definition) is 43. The number of fused-ring (bicyclic) bond motifs is 21. The standard InChI is InChI=1S/C33H41N3O10.C33H41N3O7.C3H6O2.12CO2/c1-12-15(4)31(26-23(41-26)20(12)44-31)9-34-18(37)7-30(40,29(39)36-11-33-17(6)14(3)22(46-33)25-28(33)43-25)8-19(38)35-10-32-16(5)13(2)21(45-32)24-27(32)42-24;1-18-21(4)31(10-7-24(18)41-31)15-34-27(37)13-30(40,29(39)36-17-33-12-9-26(43-33)20(3)23(33)6)14-28(38)35-16-32-11-8-25(42-32)19(2)22(32)5;1-3(2)4-5-3;12*2-1-3/h20-28,40H,7-11H2,1-6H3,(H,34,37)(H,35,38)(H,36,39);7-12,24-26,40H,13-17H2,1-6H3,(H,34,37)(H,35,38)(H,36,39);1-2H3;;;;;;;;;;;;. The average molecular weight is 1830 g/mol. The summed E-state index contributed by atoms with van der Waals surface area (Å²) in [5, 5.41) is 40.5. The fourth-order valence-electron chi connectivity index (χ4n) is 16.5. The van der Waals surface area contributed by atoms with Crippen LogP contribution in [0.3, 0.4) is 0 Å². The van der Waals surface area contributed by atoms with Gasteiger partial charge in [0.25, 0.3) is 11.8 Å². The van der Waals surface area contributed by atoms with E-state index in [2.05, 4.69) is 41.7 Å². The van der Waals surface area contributed by atoms with E-state index >= 15 is 0 Å². The van der Waals surface area contributed by atoms with Gasteiger partial charge >= 0.3 is 73.8 Å². The monoisotopic (exact) mass is 1830 g/mol. The fourth-order valence-corrected chi connectivity index (χ4v) is 16.5. The van der Waals surface area contributed by atoms with E-state index in [1.54, 1.807) is 0 Å². The van der Waals surface area contributed by atoms with Crippen molar-refractivity contribution >= 4 is 109 Å². The third-order valence-electron chi connectivity index (χ3n) is 23.7. The van der Waals surface area contributed by atoms with Gasteiger partial charge in [0.15, 0.2) is 11.2 Å². The largest absolute Gasteiger partial charge is 0.379 e. The number of aliphatic hydroxyl groups is 2. The van der Waals surface area contributed by atoms with Gasteiger partial charge < -0.3 is 84.7 Å². The van der Waals surface area contributed by atoms with Crippen molar-refractivity contribution in [3.05, 3.63) is 103 Å². The summed E-state index contributed by atoms with van der Waals surface area (Å²) in [5.41, 5.74) is 3.35. The Morgan fingerprint density at radius 1 is 0.300 bits per heavy atom. The molecule has 16 rings (SSSR count).